The summed E-state index contributed by atoms with van der Waals surface area (Å²) in [5, 5.41) is 0. The second-order valence-electron chi connectivity index (χ2n) is 4.58. The first kappa shape index (κ1) is 12.4. The maximum atomic E-state index is 13.1. The van der Waals surface area contributed by atoms with Crippen LogP contribution < -0.4 is 0 Å². The van der Waals surface area contributed by atoms with Gasteiger partial charge in [-0.3, -0.25) is 0 Å². The van der Waals surface area contributed by atoms with Crippen LogP contribution in [0.5, 0.6) is 0 Å². The van der Waals surface area contributed by atoms with E-state index in [9.17, 15) is 26.3 Å². The fourth-order valence-electron chi connectivity index (χ4n) is 1.43. The van der Waals surface area contributed by atoms with Crippen molar-refractivity contribution in [1.29, 1.82) is 0 Å². The van der Waals surface area contributed by atoms with E-state index >= 15 is 0 Å². The molecule has 0 nitrogen and oxygen atoms in total. The molecule has 15 heavy (non-hydrogen) atoms. The van der Waals surface area contributed by atoms with Crippen molar-refractivity contribution >= 4 is 0 Å². The van der Waals surface area contributed by atoms with Gasteiger partial charge in [0.25, 0.3) is 0 Å². The SMILES string of the molecule is CC(C)(C)C1=CC(F)(F)C(F)(F)C1(F)F. The zero-order valence-corrected chi connectivity index (χ0v) is 8.35. The fourth-order valence-corrected chi connectivity index (χ4v) is 1.43. The Morgan fingerprint density at radius 1 is 0.933 bits per heavy atom. The van der Waals surface area contributed by atoms with Crippen molar-refractivity contribution in [2.45, 2.75) is 38.5 Å². The van der Waals surface area contributed by atoms with Crippen LogP contribution in [0.15, 0.2) is 11.6 Å². The van der Waals surface area contributed by atoms with Gasteiger partial charge in [-0.25, -0.2) is 0 Å². The smallest absolute Gasteiger partial charge is 0.195 e. The highest BCUT2D eigenvalue weighted by molar-refractivity contribution is 5.36. The number of hydrogen-bond donors (Lipinski definition) is 0. The van der Waals surface area contributed by atoms with E-state index in [0.29, 0.717) is 0 Å². The first-order valence-electron chi connectivity index (χ1n) is 4.21. The highest BCUT2D eigenvalue weighted by Crippen LogP contribution is 2.59. The third kappa shape index (κ3) is 1.45. The van der Waals surface area contributed by atoms with Crippen LogP contribution in [0, 0.1) is 5.41 Å². The van der Waals surface area contributed by atoms with Crippen LogP contribution in [0.1, 0.15) is 20.8 Å². The van der Waals surface area contributed by atoms with Gasteiger partial charge in [-0.15, -0.1) is 0 Å². The molecule has 0 spiro atoms. The molecule has 0 fully saturated rings. The molecule has 0 aromatic heterocycles. The summed E-state index contributed by atoms with van der Waals surface area (Å²) in [5.74, 6) is -14.9. The Labute approximate surface area is 83.0 Å². The van der Waals surface area contributed by atoms with Gasteiger partial charge in [0.05, 0.1) is 0 Å². The molecule has 6 heteroatoms. The Bertz CT molecular complexity index is 307. The zero-order valence-electron chi connectivity index (χ0n) is 8.35. The van der Waals surface area contributed by atoms with E-state index in [0.717, 1.165) is 0 Å². The molecule has 0 N–H and O–H groups in total. The van der Waals surface area contributed by atoms with Crippen molar-refractivity contribution in [2.75, 3.05) is 0 Å². The van der Waals surface area contributed by atoms with Crippen molar-refractivity contribution in [3.8, 4) is 0 Å². The van der Waals surface area contributed by atoms with Crippen LogP contribution in [-0.2, 0) is 0 Å². The molecule has 0 saturated heterocycles. The maximum Gasteiger partial charge on any atom is 0.379 e. The number of rotatable bonds is 0. The molecule has 0 heterocycles. The van der Waals surface area contributed by atoms with E-state index in [4.69, 9.17) is 0 Å². The fraction of sp³-hybridized carbons (Fsp3) is 0.778. The lowest BCUT2D eigenvalue weighted by Crippen LogP contribution is -2.49. The van der Waals surface area contributed by atoms with E-state index in [1.54, 1.807) is 0 Å². The van der Waals surface area contributed by atoms with Gasteiger partial charge in [0.15, 0.2) is 0 Å². The molecule has 1 aliphatic rings. The monoisotopic (exact) mass is 232 g/mol. The second-order valence-corrected chi connectivity index (χ2v) is 4.58. The lowest BCUT2D eigenvalue weighted by Gasteiger charge is -2.30. The maximum absolute atomic E-state index is 13.1. The van der Waals surface area contributed by atoms with E-state index < -0.39 is 28.8 Å². The molecule has 0 saturated carbocycles. The zero-order chi connectivity index (χ0) is 12.3. The molecule has 0 atom stereocenters. The van der Waals surface area contributed by atoms with Gasteiger partial charge >= 0.3 is 17.8 Å². The quantitative estimate of drug-likeness (QED) is 0.439. The number of halogens is 6. The molecule has 0 aromatic carbocycles. The normalized spacial score (nSPS) is 27.7. The van der Waals surface area contributed by atoms with Crippen molar-refractivity contribution in [1.82, 2.24) is 0 Å². The minimum Gasteiger partial charge on any atom is -0.195 e. The Morgan fingerprint density at radius 3 is 1.47 bits per heavy atom. The summed E-state index contributed by atoms with van der Waals surface area (Å²) in [7, 11) is 0. The molecule has 0 amide bonds. The summed E-state index contributed by atoms with van der Waals surface area (Å²) in [6.45, 7) is 3.55. The van der Waals surface area contributed by atoms with Gasteiger partial charge in [0.2, 0.25) is 0 Å². The van der Waals surface area contributed by atoms with E-state index in [1.165, 1.54) is 20.8 Å². The Morgan fingerprint density at radius 2 is 1.33 bits per heavy atom. The molecule has 1 rings (SSSR count). The van der Waals surface area contributed by atoms with Gasteiger partial charge in [-0.05, 0) is 11.5 Å². The van der Waals surface area contributed by atoms with Crippen molar-refractivity contribution in [3.63, 3.8) is 0 Å². The van der Waals surface area contributed by atoms with Gasteiger partial charge < -0.3 is 0 Å². The van der Waals surface area contributed by atoms with E-state index in [1.807, 2.05) is 0 Å². The van der Waals surface area contributed by atoms with Gasteiger partial charge in [-0.1, -0.05) is 20.8 Å². The highest BCUT2D eigenvalue weighted by Gasteiger charge is 2.77. The van der Waals surface area contributed by atoms with Crippen molar-refractivity contribution in [3.05, 3.63) is 11.6 Å². The minimum absolute atomic E-state index is 0.312. The van der Waals surface area contributed by atoms with Crippen LogP contribution in [-0.4, -0.2) is 17.8 Å². The van der Waals surface area contributed by atoms with Crippen LogP contribution >= 0.6 is 0 Å². The molecule has 0 unspecified atom stereocenters. The minimum atomic E-state index is -5.34. The van der Waals surface area contributed by atoms with Crippen LogP contribution in [0.2, 0.25) is 0 Å². The highest BCUT2D eigenvalue weighted by atomic mass is 19.3. The van der Waals surface area contributed by atoms with E-state index in [-0.39, 0.29) is 6.08 Å². The second kappa shape index (κ2) is 2.71. The van der Waals surface area contributed by atoms with Crippen LogP contribution in [0.25, 0.3) is 0 Å². The Hall–Kier alpha value is -0.680. The predicted molar refractivity (Wildman–Crippen MR) is 42.4 cm³/mol. The molecule has 0 aromatic rings. The van der Waals surface area contributed by atoms with Gasteiger partial charge in [-0.2, -0.15) is 26.3 Å². The van der Waals surface area contributed by atoms with Crippen LogP contribution in [0.3, 0.4) is 0 Å². The molecule has 1 aliphatic carbocycles. The van der Waals surface area contributed by atoms with Crippen molar-refractivity contribution in [2.24, 2.45) is 5.41 Å². The lowest BCUT2D eigenvalue weighted by atomic mass is 9.84. The molecule has 88 valence electrons. The van der Waals surface area contributed by atoms with Gasteiger partial charge in [0.1, 0.15) is 0 Å². The first-order chi connectivity index (χ1) is 6.34. The largest absolute Gasteiger partial charge is 0.379 e. The van der Waals surface area contributed by atoms with Crippen LogP contribution in [0.4, 0.5) is 26.3 Å². The Kier molecular flexibility index (Phi) is 2.24. The topological polar surface area (TPSA) is 0 Å². The Balaban J connectivity index is 3.35. The van der Waals surface area contributed by atoms with Crippen molar-refractivity contribution < 1.29 is 26.3 Å². The molecular weight excluding hydrogens is 222 g/mol. The summed E-state index contributed by atoms with van der Waals surface area (Å²) < 4.78 is 77.0. The summed E-state index contributed by atoms with van der Waals surface area (Å²) in [5.41, 5.74) is -2.64. The average molecular weight is 232 g/mol. The summed E-state index contributed by atoms with van der Waals surface area (Å²) in [4.78, 5) is 0. The standard InChI is InChI=1S/C9H10F6/c1-6(2,3)5-4-7(10,11)9(14,15)8(5,12)13/h4H,1-3H3. The number of allylic oxidation sites excluding steroid dienone is 2. The summed E-state index contributed by atoms with van der Waals surface area (Å²) in [6, 6.07) is 0. The number of alkyl halides is 6. The summed E-state index contributed by atoms with van der Waals surface area (Å²) in [6.07, 6.45) is -0.312. The van der Waals surface area contributed by atoms with E-state index in [2.05, 4.69) is 0 Å². The summed E-state index contributed by atoms with van der Waals surface area (Å²) >= 11 is 0. The first-order valence-corrected chi connectivity index (χ1v) is 4.21. The third-order valence-corrected chi connectivity index (χ3v) is 2.28. The molecular formula is C9H10F6. The van der Waals surface area contributed by atoms with Gasteiger partial charge in [0, 0.05) is 5.57 Å². The molecule has 0 bridgehead atoms. The average Bonchev–Trinajstić information content (AvgIpc) is 2.07. The number of hydrogen-bond acceptors (Lipinski definition) is 0. The molecule has 0 aliphatic heterocycles. The third-order valence-electron chi connectivity index (χ3n) is 2.28. The predicted octanol–water partition coefficient (Wildman–Crippen LogP) is 3.88. The molecule has 0 radical (unpaired) electrons. The lowest BCUT2D eigenvalue weighted by molar-refractivity contribution is -0.264.